The van der Waals surface area contributed by atoms with Crippen molar-refractivity contribution >= 4 is 17.6 Å². The molecule has 1 aliphatic heterocycles. The van der Waals surface area contributed by atoms with Gasteiger partial charge in [0.25, 0.3) is 5.91 Å². The SMILES string of the molecule is Cc1cccc(N2CC[NH+]([C@@H](C(=O)NC(N)=O)c3ccccc3)CC2)c1C. The Bertz CT molecular complexity index is 814. The van der Waals surface area contributed by atoms with Gasteiger partial charge in [-0.25, -0.2) is 4.79 Å². The second kappa shape index (κ2) is 8.22. The number of carbonyl (C=O) groups excluding carboxylic acids is 2. The summed E-state index contributed by atoms with van der Waals surface area (Å²) in [6.45, 7) is 7.59. The lowest BCUT2D eigenvalue weighted by Gasteiger charge is -2.37. The molecule has 1 aliphatic rings. The monoisotopic (exact) mass is 367 g/mol. The smallest absolute Gasteiger partial charge is 0.319 e. The van der Waals surface area contributed by atoms with Crippen LogP contribution in [0.15, 0.2) is 48.5 Å². The first-order chi connectivity index (χ1) is 13.0. The summed E-state index contributed by atoms with van der Waals surface area (Å²) >= 11 is 0. The molecule has 0 radical (unpaired) electrons. The lowest BCUT2D eigenvalue weighted by molar-refractivity contribution is -0.922. The Morgan fingerprint density at radius 2 is 1.70 bits per heavy atom. The highest BCUT2D eigenvalue weighted by Gasteiger charge is 2.35. The van der Waals surface area contributed by atoms with Gasteiger partial charge in [-0.3, -0.25) is 10.1 Å². The molecule has 3 rings (SSSR count). The molecular formula is C21H27N4O2+. The van der Waals surface area contributed by atoms with E-state index in [2.05, 4.69) is 42.3 Å². The number of hydrogen-bond acceptors (Lipinski definition) is 3. The Morgan fingerprint density at radius 3 is 2.33 bits per heavy atom. The van der Waals surface area contributed by atoms with Crippen LogP contribution < -0.4 is 20.9 Å². The van der Waals surface area contributed by atoms with Crippen LogP contribution in [0.25, 0.3) is 0 Å². The second-order valence-corrected chi connectivity index (χ2v) is 7.06. The van der Waals surface area contributed by atoms with Crippen molar-refractivity contribution in [3.63, 3.8) is 0 Å². The van der Waals surface area contributed by atoms with Crippen LogP contribution in [-0.2, 0) is 4.79 Å². The summed E-state index contributed by atoms with van der Waals surface area (Å²) in [5.74, 6) is -0.344. The van der Waals surface area contributed by atoms with Gasteiger partial charge in [0, 0.05) is 11.3 Å². The summed E-state index contributed by atoms with van der Waals surface area (Å²) < 4.78 is 0. The molecule has 0 unspecified atom stereocenters. The standard InChI is InChI=1S/C21H26N4O2/c1-15-7-6-10-18(16(15)2)24-11-13-25(14-12-24)19(20(26)23-21(22)27)17-8-4-3-5-9-17/h3-10,19H,11-14H2,1-2H3,(H3,22,23,26,27)/p+1/t19-/m1/s1. The molecular weight excluding hydrogens is 340 g/mol. The van der Waals surface area contributed by atoms with Crippen LogP contribution in [0.5, 0.6) is 0 Å². The number of nitrogens with one attached hydrogen (secondary N) is 2. The normalized spacial score (nSPS) is 16.0. The van der Waals surface area contributed by atoms with Gasteiger partial charge in [-0.05, 0) is 31.0 Å². The van der Waals surface area contributed by atoms with E-state index < -0.39 is 12.1 Å². The van der Waals surface area contributed by atoms with Gasteiger partial charge >= 0.3 is 6.03 Å². The second-order valence-electron chi connectivity index (χ2n) is 7.06. The largest absolute Gasteiger partial charge is 0.360 e. The third-order valence-electron chi connectivity index (χ3n) is 5.37. The topological polar surface area (TPSA) is 79.9 Å². The van der Waals surface area contributed by atoms with E-state index in [1.807, 2.05) is 30.3 Å². The molecule has 142 valence electrons. The van der Waals surface area contributed by atoms with Gasteiger partial charge in [0.2, 0.25) is 0 Å². The highest BCUT2D eigenvalue weighted by molar-refractivity contribution is 5.96. The molecule has 2 aromatic carbocycles. The zero-order chi connectivity index (χ0) is 19.4. The van der Waals surface area contributed by atoms with Crippen LogP contribution in [-0.4, -0.2) is 38.1 Å². The molecule has 0 bridgehead atoms. The number of imide groups is 1. The van der Waals surface area contributed by atoms with E-state index in [4.69, 9.17) is 5.73 Å². The molecule has 6 nitrogen and oxygen atoms in total. The van der Waals surface area contributed by atoms with Gasteiger partial charge in [0.05, 0.1) is 26.2 Å². The number of quaternary nitrogens is 1. The van der Waals surface area contributed by atoms with E-state index in [-0.39, 0.29) is 5.91 Å². The van der Waals surface area contributed by atoms with E-state index in [0.29, 0.717) is 0 Å². The first kappa shape index (κ1) is 18.9. The summed E-state index contributed by atoms with van der Waals surface area (Å²) in [6, 6.07) is 14.7. The van der Waals surface area contributed by atoms with Gasteiger partial charge < -0.3 is 15.5 Å². The van der Waals surface area contributed by atoms with Crippen molar-refractivity contribution in [1.82, 2.24) is 5.32 Å². The summed E-state index contributed by atoms with van der Waals surface area (Å²) in [7, 11) is 0. The Morgan fingerprint density at radius 1 is 1.04 bits per heavy atom. The number of urea groups is 1. The van der Waals surface area contributed by atoms with Crippen LogP contribution in [0.1, 0.15) is 22.7 Å². The van der Waals surface area contributed by atoms with E-state index in [1.165, 1.54) is 16.8 Å². The van der Waals surface area contributed by atoms with Crippen LogP contribution in [0, 0.1) is 13.8 Å². The van der Waals surface area contributed by atoms with Crippen LogP contribution in [0.3, 0.4) is 0 Å². The van der Waals surface area contributed by atoms with Gasteiger partial charge in [-0.1, -0.05) is 42.5 Å². The van der Waals surface area contributed by atoms with Crippen molar-refractivity contribution in [3.05, 3.63) is 65.2 Å². The number of carbonyl (C=O) groups is 2. The molecule has 6 heteroatoms. The Hall–Kier alpha value is -2.86. The van der Waals surface area contributed by atoms with Crippen molar-refractivity contribution in [3.8, 4) is 0 Å². The fraction of sp³-hybridized carbons (Fsp3) is 0.333. The highest BCUT2D eigenvalue weighted by Crippen LogP contribution is 2.23. The molecule has 1 fully saturated rings. The van der Waals surface area contributed by atoms with E-state index in [1.54, 1.807) is 0 Å². The zero-order valence-electron chi connectivity index (χ0n) is 15.9. The number of benzene rings is 2. The molecule has 1 saturated heterocycles. The maximum Gasteiger partial charge on any atom is 0.319 e. The predicted octanol–water partition coefficient (Wildman–Crippen LogP) is 0.945. The molecule has 0 spiro atoms. The molecule has 1 heterocycles. The maximum absolute atomic E-state index is 12.7. The number of piperazine rings is 1. The number of nitrogens with two attached hydrogens (primary N) is 1. The number of rotatable bonds is 4. The van der Waals surface area contributed by atoms with Crippen molar-refractivity contribution < 1.29 is 14.5 Å². The molecule has 2 aromatic rings. The average Bonchev–Trinajstić information content (AvgIpc) is 2.65. The molecule has 4 N–H and O–H groups in total. The van der Waals surface area contributed by atoms with Crippen LogP contribution in [0.4, 0.5) is 10.5 Å². The number of aryl methyl sites for hydroxylation is 1. The average molecular weight is 367 g/mol. The minimum atomic E-state index is -0.811. The molecule has 27 heavy (non-hydrogen) atoms. The lowest BCUT2D eigenvalue weighted by Crippen LogP contribution is -3.16. The Balaban J connectivity index is 1.77. The maximum atomic E-state index is 12.7. The molecule has 1 atom stereocenters. The predicted molar refractivity (Wildman–Crippen MR) is 106 cm³/mol. The fourth-order valence-electron chi connectivity index (χ4n) is 3.81. The van der Waals surface area contributed by atoms with Gasteiger partial charge in [-0.2, -0.15) is 0 Å². The van der Waals surface area contributed by atoms with Crippen molar-refractivity contribution in [1.29, 1.82) is 0 Å². The number of nitrogens with zero attached hydrogens (tertiary/aromatic N) is 1. The quantitative estimate of drug-likeness (QED) is 0.753. The summed E-state index contributed by atoms with van der Waals surface area (Å²) in [4.78, 5) is 27.4. The van der Waals surface area contributed by atoms with E-state index >= 15 is 0 Å². The minimum absolute atomic E-state index is 0.344. The molecule has 0 aromatic heterocycles. The van der Waals surface area contributed by atoms with Crippen molar-refractivity contribution in [2.24, 2.45) is 5.73 Å². The van der Waals surface area contributed by atoms with Crippen LogP contribution >= 0.6 is 0 Å². The molecule has 0 aliphatic carbocycles. The van der Waals surface area contributed by atoms with Gasteiger partial charge in [0.1, 0.15) is 0 Å². The summed E-state index contributed by atoms with van der Waals surface area (Å²) in [5.41, 5.74) is 9.91. The van der Waals surface area contributed by atoms with Crippen LogP contribution in [0.2, 0.25) is 0 Å². The number of anilines is 1. The number of primary amides is 1. The van der Waals surface area contributed by atoms with Crippen molar-refractivity contribution in [2.75, 3.05) is 31.1 Å². The first-order valence-electron chi connectivity index (χ1n) is 9.28. The van der Waals surface area contributed by atoms with Gasteiger partial charge in [-0.15, -0.1) is 0 Å². The van der Waals surface area contributed by atoms with Crippen molar-refractivity contribution in [2.45, 2.75) is 19.9 Å². The third-order valence-corrected chi connectivity index (χ3v) is 5.37. The number of amides is 3. The molecule has 3 amide bonds. The van der Waals surface area contributed by atoms with E-state index in [9.17, 15) is 9.59 Å². The van der Waals surface area contributed by atoms with E-state index in [0.717, 1.165) is 36.6 Å². The highest BCUT2D eigenvalue weighted by atomic mass is 16.2. The zero-order valence-corrected chi connectivity index (χ0v) is 15.9. The fourth-order valence-corrected chi connectivity index (χ4v) is 3.81. The Labute approximate surface area is 159 Å². The Kier molecular flexibility index (Phi) is 5.76. The molecule has 0 saturated carbocycles. The minimum Gasteiger partial charge on any atom is -0.360 e. The lowest BCUT2D eigenvalue weighted by atomic mass is 10.0. The summed E-state index contributed by atoms with van der Waals surface area (Å²) in [5, 5.41) is 2.26. The third kappa shape index (κ3) is 4.28. The summed E-state index contributed by atoms with van der Waals surface area (Å²) in [6.07, 6.45) is 0. The number of hydrogen-bond donors (Lipinski definition) is 3. The first-order valence-corrected chi connectivity index (χ1v) is 9.28. The van der Waals surface area contributed by atoms with Gasteiger partial charge in [0.15, 0.2) is 6.04 Å².